The van der Waals surface area contributed by atoms with Crippen LogP contribution in [0.3, 0.4) is 0 Å². The molecule has 0 saturated carbocycles. The third-order valence-corrected chi connectivity index (χ3v) is 6.03. The van der Waals surface area contributed by atoms with Crippen LogP contribution >= 0.6 is 10.9 Å². The summed E-state index contributed by atoms with van der Waals surface area (Å²) < 4.78 is 7.70. The van der Waals surface area contributed by atoms with Gasteiger partial charge in [-0.15, -0.1) is 0 Å². The first-order chi connectivity index (χ1) is 10.3. The molecule has 0 amide bonds. The Labute approximate surface area is 128 Å². The molecule has 3 nitrogen and oxygen atoms in total. The molecule has 1 aromatic heterocycles. The molecule has 0 fully saturated rings. The molecule has 4 heteroatoms. The Morgan fingerprint density at radius 2 is 2.10 bits per heavy atom. The van der Waals surface area contributed by atoms with Crippen molar-refractivity contribution in [3.8, 4) is 0 Å². The maximum absolute atomic E-state index is 5.59. The predicted octanol–water partition coefficient (Wildman–Crippen LogP) is 3.51. The lowest BCUT2D eigenvalue weighted by Gasteiger charge is -2.28. The number of hydrogen-bond acceptors (Lipinski definition) is 2. The van der Waals surface area contributed by atoms with Gasteiger partial charge in [0.25, 0.3) is 0 Å². The Morgan fingerprint density at radius 3 is 2.81 bits per heavy atom. The summed E-state index contributed by atoms with van der Waals surface area (Å²) in [4.78, 5) is 4.11. The van der Waals surface area contributed by atoms with E-state index in [2.05, 4.69) is 52.0 Å². The zero-order valence-corrected chi connectivity index (χ0v) is 13.0. The van der Waals surface area contributed by atoms with Gasteiger partial charge in [-0.3, -0.25) is 0 Å². The molecule has 110 valence electrons. The van der Waals surface area contributed by atoms with Gasteiger partial charge in [-0.25, -0.2) is 4.98 Å². The number of allylic oxidation sites excluding steroid dienone is 2. The number of thiol groups is 1. The molecule has 0 radical (unpaired) electrons. The van der Waals surface area contributed by atoms with Gasteiger partial charge in [0.2, 0.25) is 0 Å². The largest absolute Gasteiger partial charge is 0.492 e. The van der Waals surface area contributed by atoms with Gasteiger partial charge in [0.15, 0.2) is 0 Å². The number of benzene rings is 1. The van der Waals surface area contributed by atoms with Gasteiger partial charge in [-0.2, -0.15) is 10.9 Å². The summed E-state index contributed by atoms with van der Waals surface area (Å²) in [5.74, 6) is 2.18. The molecule has 3 rings (SSSR count). The van der Waals surface area contributed by atoms with Crippen LogP contribution in [0.15, 0.2) is 71.9 Å². The second kappa shape index (κ2) is 6.68. The van der Waals surface area contributed by atoms with Crippen molar-refractivity contribution in [3.05, 3.63) is 77.4 Å². The third-order valence-electron chi connectivity index (χ3n) is 3.54. The lowest BCUT2D eigenvalue weighted by atomic mass is 10.2. The van der Waals surface area contributed by atoms with E-state index in [4.69, 9.17) is 4.74 Å². The van der Waals surface area contributed by atoms with Gasteiger partial charge in [-0.1, -0.05) is 36.4 Å². The summed E-state index contributed by atoms with van der Waals surface area (Å²) >= 11 is 0. The number of aromatic nitrogens is 2. The maximum atomic E-state index is 5.59. The first-order valence-corrected chi connectivity index (χ1v) is 8.74. The summed E-state index contributed by atoms with van der Waals surface area (Å²) in [5, 5.41) is 1.14. The summed E-state index contributed by atoms with van der Waals surface area (Å²) in [6, 6.07) is 10.7. The highest BCUT2D eigenvalue weighted by atomic mass is 32.2. The minimum atomic E-state index is -0.296. The Kier molecular flexibility index (Phi) is 4.46. The van der Waals surface area contributed by atoms with E-state index < -0.39 is 0 Å². The van der Waals surface area contributed by atoms with Crippen LogP contribution in [-0.2, 0) is 17.0 Å². The molecular formula is C17H20N2OS. The highest BCUT2D eigenvalue weighted by Gasteiger charge is 2.17. The fourth-order valence-corrected chi connectivity index (χ4v) is 4.84. The van der Waals surface area contributed by atoms with E-state index in [1.54, 1.807) is 7.11 Å². The second-order valence-corrected chi connectivity index (χ2v) is 7.26. The van der Waals surface area contributed by atoms with E-state index in [1.807, 2.05) is 18.7 Å². The molecule has 1 aliphatic heterocycles. The monoisotopic (exact) mass is 300 g/mol. The van der Waals surface area contributed by atoms with Crippen molar-refractivity contribution < 1.29 is 4.74 Å². The van der Waals surface area contributed by atoms with Gasteiger partial charge in [-0.05, 0) is 17.2 Å². The topological polar surface area (TPSA) is 27.1 Å². The second-order valence-electron chi connectivity index (χ2n) is 5.11. The van der Waals surface area contributed by atoms with Crippen LogP contribution in [0.5, 0.6) is 0 Å². The summed E-state index contributed by atoms with van der Waals surface area (Å²) in [5.41, 5.74) is 2.83. The van der Waals surface area contributed by atoms with Crippen LogP contribution in [0, 0.1) is 0 Å². The Morgan fingerprint density at radius 1 is 1.24 bits per heavy atom. The normalized spacial score (nSPS) is 19.8. The van der Waals surface area contributed by atoms with Crippen molar-refractivity contribution in [1.82, 2.24) is 9.55 Å². The Bertz CT molecular complexity index is 632. The quantitative estimate of drug-likeness (QED) is 0.856. The number of methoxy groups -OCH3 is 1. The fourth-order valence-electron chi connectivity index (χ4n) is 2.52. The average molecular weight is 300 g/mol. The van der Waals surface area contributed by atoms with Crippen LogP contribution in [0.4, 0.5) is 0 Å². The van der Waals surface area contributed by atoms with Gasteiger partial charge in [0, 0.05) is 30.4 Å². The number of nitrogens with zero attached hydrogens (tertiary/aromatic N) is 2. The summed E-state index contributed by atoms with van der Waals surface area (Å²) in [6.45, 7) is 0.918. The molecular weight excluding hydrogens is 280 g/mol. The SMILES string of the molecule is COC1=CC=C(Cn2ccnc2)C[SH]1Cc1ccccc1. The number of hydrogen-bond donors (Lipinski definition) is 1. The van der Waals surface area contributed by atoms with Crippen LogP contribution in [0.25, 0.3) is 0 Å². The lowest BCUT2D eigenvalue weighted by Crippen LogP contribution is -2.09. The van der Waals surface area contributed by atoms with Crippen molar-refractivity contribution in [2.75, 3.05) is 12.9 Å². The van der Waals surface area contributed by atoms with Gasteiger partial charge in [0.1, 0.15) is 5.09 Å². The lowest BCUT2D eigenvalue weighted by molar-refractivity contribution is 0.323. The summed E-state index contributed by atoms with van der Waals surface area (Å²) in [6.07, 6.45) is 10.0. The fraction of sp³-hybridized carbons (Fsp3) is 0.235. The molecule has 0 bridgehead atoms. The summed E-state index contributed by atoms with van der Waals surface area (Å²) in [7, 11) is 1.48. The number of rotatable bonds is 5. The Hall–Kier alpha value is -1.94. The van der Waals surface area contributed by atoms with Crippen molar-refractivity contribution in [1.29, 1.82) is 0 Å². The van der Waals surface area contributed by atoms with Gasteiger partial charge < -0.3 is 9.30 Å². The van der Waals surface area contributed by atoms with Crippen LogP contribution < -0.4 is 0 Å². The van der Waals surface area contributed by atoms with Crippen molar-refractivity contribution in [2.45, 2.75) is 12.3 Å². The highest BCUT2D eigenvalue weighted by molar-refractivity contribution is 8.19. The van der Waals surface area contributed by atoms with Crippen LogP contribution in [0.1, 0.15) is 5.56 Å². The van der Waals surface area contributed by atoms with E-state index in [-0.39, 0.29) is 10.9 Å². The molecule has 1 unspecified atom stereocenters. The van der Waals surface area contributed by atoms with E-state index in [0.29, 0.717) is 0 Å². The zero-order valence-electron chi connectivity index (χ0n) is 12.1. The minimum Gasteiger partial charge on any atom is -0.492 e. The first kappa shape index (κ1) is 14.0. The van der Waals surface area contributed by atoms with Crippen LogP contribution in [0.2, 0.25) is 0 Å². The molecule has 21 heavy (non-hydrogen) atoms. The average Bonchev–Trinajstić information content (AvgIpc) is 3.02. The first-order valence-electron chi connectivity index (χ1n) is 7.03. The molecule has 0 spiro atoms. The molecule has 0 aliphatic carbocycles. The van der Waals surface area contributed by atoms with Crippen molar-refractivity contribution in [2.24, 2.45) is 0 Å². The number of imidazole rings is 1. The van der Waals surface area contributed by atoms with Crippen LogP contribution in [-0.4, -0.2) is 22.4 Å². The minimum absolute atomic E-state index is 0.296. The maximum Gasteiger partial charge on any atom is 0.133 e. The number of ether oxygens (including phenoxy) is 1. The van der Waals surface area contributed by atoms with Gasteiger partial charge in [0.05, 0.1) is 13.4 Å². The smallest absolute Gasteiger partial charge is 0.133 e. The van der Waals surface area contributed by atoms with E-state index in [0.717, 1.165) is 23.1 Å². The van der Waals surface area contributed by atoms with Crippen molar-refractivity contribution >= 4 is 10.9 Å². The molecule has 2 aromatic rings. The predicted molar refractivity (Wildman–Crippen MR) is 89.4 cm³/mol. The van der Waals surface area contributed by atoms with Crippen molar-refractivity contribution in [3.63, 3.8) is 0 Å². The molecule has 1 aromatic carbocycles. The molecule has 1 atom stereocenters. The highest BCUT2D eigenvalue weighted by Crippen LogP contribution is 2.43. The van der Waals surface area contributed by atoms with E-state index in [1.165, 1.54) is 11.1 Å². The van der Waals surface area contributed by atoms with Gasteiger partial charge >= 0.3 is 0 Å². The molecule has 1 aliphatic rings. The standard InChI is InChI=1S/C17H20N2OS/c1-20-17-8-7-16(11-19-10-9-18-14-19)13-21(17)12-15-5-3-2-4-6-15/h2-10,14,21H,11-13H2,1H3. The Balaban J connectivity index is 1.72. The zero-order chi connectivity index (χ0) is 14.5. The molecule has 0 N–H and O–H groups in total. The third kappa shape index (κ3) is 3.58. The molecule has 2 heterocycles. The van der Waals surface area contributed by atoms with E-state index in [9.17, 15) is 0 Å². The molecule has 0 saturated heterocycles. The van der Waals surface area contributed by atoms with E-state index >= 15 is 0 Å².